The Labute approximate surface area is 110 Å². The zero-order valence-corrected chi connectivity index (χ0v) is 10.7. The van der Waals surface area contributed by atoms with E-state index in [1.54, 1.807) is 11.9 Å². The van der Waals surface area contributed by atoms with E-state index in [1.165, 1.54) is 12.1 Å². The zero-order valence-electron chi connectivity index (χ0n) is 10.7. The second-order valence-corrected chi connectivity index (χ2v) is 4.23. The fraction of sp³-hybridized carbons (Fsp3) is 0.154. The minimum atomic E-state index is -0.464. The van der Waals surface area contributed by atoms with E-state index < -0.39 is 4.92 Å². The molecule has 6 heteroatoms. The summed E-state index contributed by atoms with van der Waals surface area (Å²) in [6.07, 6.45) is 0. The van der Waals surface area contributed by atoms with Gasteiger partial charge in [-0.15, -0.1) is 0 Å². The number of hydrogen-bond acceptors (Lipinski definition) is 5. The van der Waals surface area contributed by atoms with Crippen molar-refractivity contribution in [2.45, 2.75) is 6.92 Å². The van der Waals surface area contributed by atoms with Crippen molar-refractivity contribution < 1.29 is 4.92 Å². The van der Waals surface area contributed by atoms with Crippen LogP contribution in [0.15, 0.2) is 36.4 Å². The largest absolute Gasteiger partial charge is 0.384 e. The molecular formula is C13H14N4O2. The second-order valence-electron chi connectivity index (χ2n) is 4.23. The van der Waals surface area contributed by atoms with Gasteiger partial charge in [-0.25, -0.2) is 4.98 Å². The van der Waals surface area contributed by atoms with Gasteiger partial charge in [0.15, 0.2) is 0 Å². The summed E-state index contributed by atoms with van der Waals surface area (Å²) in [4.78, 5) is 16.3. The van der Waals surface area contributed by atoms with Crippen LogP contribution in [-0.4, -0.2) is 17.0 Å². The van der Waals surface area contributed by atoms with Crippen molar-refractivity contribution in [1.82, 2.24) is 4.98 Å². The summed E-state index contributed by atoms with van der Waals surface area (Å²) < 4.78 is 0. The van der Waals surface area contributed by atoms with E-state index in [4.69, 9.17) is 5.73 Å². The molecule has 19 heavy (non-hydrogen) atoms. The summed E-state index contributed by atoms with van der Waals surface area (Å²) in [6, 6.07) is 10.4. The first-order chi connectivity index (χ1) is 8.99. The van der Waals surface area contributed by atoms with E-state index >= 15 is 0 Å². The molecule has 0 atom stereocenters. The molecule has 0 saturated carbocycles. The van der Waals surface area contributed by atoms with Crippen LogP contribution in [0, 0.1) is 17.0 Å². The molecule has 0 radical (unpaired) electrons. The SMILES string of the molecule is Cc1cccc(N(C)c2nc(N)ccc2[N+](=O)[O-])c1. The van der Waals surface area contributed by atoms with Crippen molar-refractivity contribution in [1.29, 1.82) is 0 Å². The molecule has 0 aliphatic rings. The number of rotatable bonds is 3. The van der Waals surface area contributed by atoms with Gasteiger partial charge in [0.2, 0.25) is 5.82 Å². The number of nitrogen functional groups attached to an aromatic ring is 1. The fourth-order valence-corrected chi connectivity index (χ4v) is 1.80. The van der Waals surface area contributed by atoms with Gasteiger partial charge in [0, 0.05) is 18.8 Å². The summed E-state index contributed by atoms with van der Waals surface area (Å²) in [7, 11) is 1.73. The molecule has 0 bridgehead atoms. The molecule has 0 fully saturated rings. The Balaban J connectivity index is 2.51. The Bertz CT molecular complexity index is 628. The van der Waals surface area contributed by atoms with E-state index in [2.05, 4.69) is 4.98 Å². The van der Waals surface area contributed by atoms with Crippen molar-refractivity contribution in [3.8, 4) is 0 Å². The molecule has 1 aromatic carbocycles. The smallest absolute Gasteiger partial charge is 0.312 e. The number of hydrogen-bond donors (Lipinski definition) is 1. The van der Waals surface area contributed by atoms with Gasteiger partial charge in [-0.05, 0) is 30.7 Å². The molecule has 98 valence electrons. The minimum absolute atomic E-state index is 0.0711. The quantitative estimate of drug-likeness (QED) is 0.675. The Morgan fingerprint density at radius 3 is 2.68 bits per heavy atom. The Morgan fingerprint density at radius 2 is 2.05 bits per heavy atom. The molecule has 2 aromatic rings. The lowest BCUT2D eigenvalue weighted by molar-refractivity contribution is -0.384. The summed E-state index contributed by atoms with van der Waals surface area (Å²) in [6.45, 7) is 1.96. The summed E-state index contributed by atoms with van der Waals surface area (Å²) in [5.74, 6) is 0.482. The van der Waals surface area contributed by atoms with Gasteiger partial charge < -0.3 is 10.6 Å². The topological polar surface area (TPSA) is 85.3 Å². The maximum absolute atomic E-state index is 11.0. The van der Waals surface area contributed by atoms with Gasteiger partial charge in [-0.3, -0.25) is 10.1 Å². The predicted molar refractivity (Wildman–Crippen MR) is 74.5 cm³/mol. The lowest BCUT2D eigenvalue weighted by Gasteiger charge is -2.18. The van der Waals surface area contributed by atoms with Crippen LogP contribution in [0.3, 0.4) is 0 Å². The maximum atomic E-state index is 11.0. The standard InChI is InChI=1S/C13H14N4O2/c1-9-4-3-5-10(8-9)16(2)13-11(17(18)19)6-7-12(14)15-13/h3-8H,1-2H3,(H2,14,15). The predicted octanol–water partition coefficient (Wildman–Crippen LogP) is 2.65. The number of aryl methyl sites for hydroxylation is 1. The minimum Gasteiger partial charge on any atom is -0.384 e. The van der Waals surface area contributed by atoms with E-state index in [1.807, 2.05) is 31.2 Å². The summed E-state index contributed by atoms with van der Waals surface area (Å²) in [5, 5.41) is 11.0. The normalized spacial score (nSPS) is 10.2. The van der Waals surface area contributed by atoms with Gasteiger partial charge >= 0.3 is 5.69 Å². The van der Waals surface area contributed by atoms with E-state index in [0.717, 1.165) is 11.3 Å². The van der Waals surface area contributed by atoms with Crippen LogP contribution in [-0.2, 0) is 0 Å². The highest BCUT2D eigenvalue weighted by atomic mass is 16.6. The molecule has 1 aromatic heterocycles. The van der Waals surface area contributed by atoms with Crippen molar-refractivity contribution >= 4 is 23.0 Å². The van der Waals surface area contributed by atoms with Gasteiger partial charge in [0.25, 0.3) is 0 Å². The summed E-state index contributed by atoms with van der Waals surface area (Å²) in [5.41, 5.74) is 7.43. The molecule has 1 heterocycles. The first kappa shape index (κ1) is 12.8. The van der Waals surface area contributed by atoms with Crippen LogP contribution < -0.4 is 10.6 Å². The lowest BCUT2D eigenvalue weighted by atomic mass is 10.2. The van der Waals surface area contributed by atoms with Crippen LogP contribution in [0.5, 0.6) is 0 Å². The number of nitro groups is 1. The van der Waals surface area contributed by atoms with E-state index in [0.29, 0.717) is 0 Å². The van der Waals surface area contributed by atoms with Crippen LogP contribution in [0.2, 0.25) is 0 Å². The molecule has 6 nitrogen and oxygen atoms in total. The Kier molecular flexibility index (Phi) is 3.33. The number of anilines is 3. The van der Waals surface area contributed by atoms with Gasteiger partial charge in [-0.2, -0.15) is 0 Å². The first-order valence-corrected chi connectivity index (χ1v) is 5.70. The third-order valence-corrected chi connectivity index (χ3v) is 2.78. The average Bonchev–Trinajstić information content (AvgIpc) is 2.37. The van der Waals surface area contributed by atoms with Crippen LogP contribution in [0.1, 0.15) is 5.56 Å². The molecule has 0 aliphatic heterocycles. The molecule has 0 unspecified atom stereocenters. The molecule has 0 saturated heterocycles. The monoisotopic (exact) mass is 258 g/mol. The van der Waals surface area contributed by atoms with Crippen molar-refractivity contribution in [2.24, 2.45) is 0 Å². The third-order valence-electron chi connectivity index (χ3n) is 2.78. The van der Waals surface area contributed by atoms with Crippen molar-refractivity contribution in [3.05, 3.63) is 52.1 Å². The second kappa shape index (κ2) is 4.93. The van der Waals surface area contributed by atoms with Gasteiger partial charge in [0.05, 0.1) is 4.92 Å². The maximum Gasteiger partial charge on any atom is 0.312 e. The third kappa shape index (κ3) is 2.62. The van der Waals surface area contributed by atoms with Gasteiger partial charge in [-0.1, -0.05) is 12.1 Å². The molecule has 0 amide bonds. The van der Waals surface area contributed by atoms with Crippen LogP contribution in [0.4, 0.5) is 23.0 Å². The zero-order chi connectivity index (χ0) is 14.0. The first-order valence-electron chi connectivity index (χ1n) is 5.70. The molecular weight excluding hydrogens is 244 g/mol. The number of nitrogens with zero attached hydrogens (tertiary/aromatic N) is 3. The molecule has 0 spiro atoms. The number of benzene rings is 1. The number of nitrogens with two attached hydrogens (primary N) is 1. The van der Waals surface area contributed by atoms with Gasteiger partial charge in [0.1, 0.15) is 5.82 Å². The highest BCUT2D eigenvalue weighted by Gasteiger charge is 2.20. The number of pyridine rings is 1. The highest BCUT2D eigenvalue weighted by molar-refractivity contribution is 5.69. The fourth-order valence-electron chi connectivity index (χ4n) is 1.80. The molecule has 2 N–H and O–H groups in total. The van der Waals surface area contributed by atoms with E-state index in [-0.39, 0.29) is 17.3 Å². The van der Waals surface area contributed by atoms with E-state index in [9.17, 15) is 10.1 Å². The van der Waals surface area contributed by atoms with Crippen molar-refractivity contribution in [3.63, 3.8) is 0 Å². The molecule has 0 aliphatic carbocycles. The van der Waals surface area contributed by atoms with Crippen LogP contribution >= 0.6 is 0 Å². The van der Waals surface area contributed by atoms with Crippen molar-refractivity contribution in [2.75, 3.05) is 17.7 Å². The Hall–Kier alpha value is -2.63. The number of aromatic nitrogens is 1. The molecule has 2 rings (SSSR count). The average molecular weight is 258 g/mol. The lowest BCUT2D eigenvalue weighted by Crippen LogP contribution is -2.14. The summed E-state index contributed by atoms with van der Waals surface area (Å²) >= 11 is 0. The van der Waals surface area contributed by atoms with Crippen LogP contribution in [0.25, 0.3) is 0 Å². The Morgan fingerprint density at radius 1 is 1.32 bits per heavy atom. The highest BCUT2D eigenvalue weighted by Crippen LogP contribution is 2.31.